The third-order valence-electron chi connectivity index (χ3n) is 4.23. The van der Waals surface area contributed by atoms with E-state index in [-0.39, 0.29) is 12.3 Å². The van der Waals surface area contributed by atoms with Gasteiger partial charge in [-0.1, -0.05) is 32.0 Å². The summed E-state index contributed by atoms with van der Waals surface area (Å²) in [5.74, 6) is 1.89. The minimum atomic E-state index is -0.0766. The summed E-state index contributed by atoms with van der Waals surface area (Å²) in [7, 11) is 1.62. The van der Waals surface area contributed by atoms with Gasteiger partial charge in [-0.15, -0.1) is 10.2 Å². The van der Waals surface area contributed by atoms with Crippen LogP contribution in [0.15, 0.2) is 52.9 Å². The summed E-state index contributed by atoms with van der Waals surface area (Å²) in [6, 6.07) is 15.2. The Labute approximate surface area is 158 Å². The molecule has 140 valence electrons. The molecule has 0 bridgehead atoms. The quantitative estimate of drug-likeness (QED) is 0.670. The van der Waals surface area contributed by atoms with E-state index in [1.807, 2.05) is 48.5 Å². The number of aryl methyl sites for hydroxylation is 1. The van der Waals surface area contributed by atoms with E-state index in [1.165, 1.54) is 0 Å². The lowest BCUT2D eigenvalue weighted by atomic mass is 10.0. The molecule has 0 saturated carbocycles. The first kappa shape index (κ1) is 18.6. The van der Waals surface area contributed by atoms with Gasteiger partial charge >= 0.3 is 0 Å². The Hall–Kier alpha value is -3.15. The second-order valence-electron chi connectivity index (χ2n) is 6.52. The van der Waals surface area contributed by atoms with Gasteiger partial charge in [0.2, 0.25) is 17.7 Å². The molecule has 27 heavy (non-hydrogen) atoms. The molecule has 0 spiro atoms. The molecule has 2 aromatic carbocycles. The topological polar surface area (TPSA) is 77.2 Å². The van der Waals surface area contributed by atoms with Crippen molar-refractivity contribution in [2.24, 2.45) is 0 Å². The molecule has 0 saturated heterocycles. The monoisotopic (exact) mass is 365 g/mol. The Morgan fingerprint density at radius 1 is 1.11 bits per heavy atom. The van der Waals surface area contributed by atoms with Crippen molar-refractivity contribution in [1.29, 1.82) is 0 Å². The predicted molar refractivity (Wildman–Crippen MR) is 104 cm³/mol. The summed E-state index contributed by atoms with van der Waals surface area (Å²) < 4.78 is 10.8. The van der Waals surface area contributed by atoms with Gasteiger partial charge in [0.25, 0.3) is 0 Å². The summed E-state index contributed by atoms with van der Waals surface area (Å²) in [6.45, 7) is 4.20. The van der Waals surface area contributed by atoms with E-state index in [1.54, 1.807) is 7.11 Å². The van der Waals surface area contributed by atoms with Crippen molar-refractivity contribution in [2.75, 3.05) is 12.4 Å². The lowest BCUT2D eigenvalue weighted by Crippen LogP contribution is -2.14. The van der Waals surface area contributed by atoms with E-state index in [9.17, 15) is 4.79 Å². The van der Waals surface area contributed by atoms with E-state index in [4.69, 9.17) is 9.15 Å². The molecule has 6 heteroatoms. The maximum absolute atomic E-state index is 12.3. The number of nitrogens with zero attached hydrogens (tertiary/aromatic N) is 2. The number of methoxy groups -OCH3 is 1. The molecule has 0 aliphatic carbocycles. The highest BCUT2D eigenvalue weighted by molar-refractivity contribution is 5.91. The van der Waals surface area contributed by atoms with Crippen LogP contribution < -0.4 is 10.1 Å². The molecule has 1 amide bonds. The fraction of sp³-hybridized carbons (Fsp3) is 0.286. The first-order valence-electron chi connectivity index (χ1n) is 8.92. The van der Waals surface area contributed by atoms with Crippen LogP contribution in [0.1, 0.15) is 37.6 Å². The first-order valence-corrected chi connectivity index (χ1v) is 8.92. The zero-order valence-corrected chi connectivity index (χ0v) is 15.7. The van der Waals surface area contributed by atoms with Gasteiger partial charge in [0.05, 0.1) is 7.11 Å². The van der Waals surface area contributed by atoms with Crippen molar-refractivity contribution >= 4 is 11.6 Å². The number of rotatable bonds is 7. The number of amides is 1. The summed E-state index contributed by atoms with van der Waals surface area (Å²) >= 11 is 0. The second kappa shape index (κ2) is 8.49. The Morgan fingerprint density at radius 3 is 2.56 bits per heavy atom. The third-order valence-corrected chi connectivity index (χ3v) is 4.23. The van der Waals surface area contributed by atoms with Crippen molar-refractivity contribution in [1.82, 2.24) is 10.2 Å². The van der Waals surface area contributed by atoms with Crippen molar-refractivity contribution in [3.8, 4) is 17.2 Å². The van der Waals surface area contributed by atoms with Crippen LogP contribution in [0.4, 0.5) is 5.69 Å². The average Bonchev–Trinajstić information content (AvgIpc) is 3.16. The van der Waals surface area contributed by atoms with Crippen LogP contribution in [0.5, 0.6) is 5.75 Å². The van der Waals surface area contributed by atoms with Crippen molar-refractivity contribution in [3.63, 3.8) is 0 Å². The second-order valence-corrected chi connectivity index (χ2v) is 6.52. The number of anilines is 1. The molecule has 0 atom stereocenters. The molecule has 3 aromatic rings. The van der Waals surface area contributed by atoms with E-state index >= 15 is 0 Å². The van der Waals surface area contributed by atoms with Crippen LogP contribution in [-0.2, 0) is 11.2 Å². The Balaban J connectivity index is 1.59. The predicted octanol–water partition coefficient (Wildman–Crippen LogP) is 4.44. The van der Waals surface area contributed by atoms with Gasteiger partial charge < -0.3 is 14.5 Å². The normalized spacial score (nSPS) is 10.8. The molecule has 0 unspecified atom stereocenters. The maximum atomic E-state index is 12.3. The van der Waals surface area contributed by atoms with Crippen LogP contribution in [0.25, 0.3) is 11.5 Å². The summed E-state index contributed by atoms with van der Waals surface area (Å²) in [6.07, 6.45) is 0.662. The number of carbonyl (C=O) groups excluding carboxylic acids is 1. The fourth-order valence-corrected chi connectivity index (χ4v) is 2.75. The Bertz CT molecular complexity index is 901. The third kappa shape index (κ3) is 4.73. The number of aromatic nitrogens is 2. The van der Waals surface area contributed by atoms with E-state index < -0.39 is 0 Å². The Morgan fingerprint density at radius 2 is 1.85 bits per heavy atom. The van der Waals surface area contributed by atoms with Gasteiger partial charge in [0.1, 0.15) is 5.75 Å². The lowest BCUT2D eigenvalue weighted by molar-refractivity contribution is -0.116. The lowest BCUT2D eigenvalue weighted by Gasteiger charge is -2.13. The highest BCUT2D eigenvalue weighted by atomic mass is 16.5. The van der Waals surface area contributed by atoms with E-state index in [2.05, 4.69) is 29.4 Å². The van der Waals surface area contributed by atoms with Crippen molar-refractivity contribution in [2.45, 2.75) is 32.6 Å². The summed E-state index contributed by atoms with van der Waals surface area (Å²) in [5.41, 5.74) is 2.78. The van der Waals surface area contributed by atoms with Gasteiger partial charge in [-0.2, -0.15) is 0 Å². The largest absolute Gasteiger partial charge is 0.497 e. The van der Waals surface area contributed by atoms with Crippen LogP contribution >= 0.6 is 0 Å². The number of benzene rings is 2. The van der Waals surface area contributed by atoms with E-state index in [0.717, 1.165) is 22.6 Å². The molecule has 3 rings (SSSR count). The minimum absolute atomic E-state index is 0.0766. The number of para-hydroxylation sites is 1. The molecular formula is C21H23N3O3. The van der Waals surface area contributed by atoms with Gasteiger partial charge in [0.15, 0.2) is 0 Å². The number of hydrogen-bond acceptors (Lipinski definition) is 5. The summed E-state index contributed by atoms with van der Waals surface area (Å²) in [4.78, 5) is 12.3. The molecule has 0 aliphatic rings. The van der Waals surface area contributed by atoms with Gasteiger partial charge in [0, 0.05) is 24.1 Å². The highest BCUT2D eigenvalue weighted by Gasteiger charge is 2.13. The van der Waals surface area contributed by atoms with Crippen molar-refractivity contribution < 1.29 is 13.9 Å². The molecule has 1 aromatic heterocycles. The molecule has 6 nitrogen and oxygen atoms in total. The fourth-order valence-electron chi connectivity index (χ4n) is 2.75. The van der Waals surface area contributed by atoms with Crippen LogP contribution in [0.3, 0.4) is 0 Å². The molecule has 0 aliphatic heterocycles. The highest BCUT2D eigenvalue weighted by Crippen LogP contribution is 2.24. The first-order chi connectivity index (χ1) is 13.1. The number of hydrogen-bond donors (Lipinski definition) is 1. The molecular weight excluding hydrogens is 342 g/mol. The van der Waals surface area contributed by atoms with Crippen LogP contribution in [0, 0.1) is 0 Å². The number of carbonyl (C=O) groups is 1. The number of ether oxygens (including phenoxy) is 1. The smallest absolute Gasteiger partial charge is 0.247 e. The number of nitrogens with one attached hydrogen (secondary N) is 1. The molecule has 1 N–H and O–H groups in total. The van der Waals surface area contributed by atoms with Crippen LogP contribution in [-0.4, -0.2) is 23.2 Å². The van der Waals surface area contributed by atoms with Crippen molar-refractivity contribution in [3.05, 3.63) is 60.0 Å². The summed E-state index contributed by atoms with van der Waals surface area (Å²) in [5, 5.41) is 11.1. The SMILES string of the molecule is COc1ccc(-c2nnc(CCC(=O)Nc3ccccc3C(C)C)o2)cc1. The van der Waals surface area contributed by atoms with E-state index in [0.29, 0.717) is 24.1 Å². The van der Waals surface area contributed by atoms with Gasteiger partial charge in [-0.25, -0.2) is 0 Å². The average molecular weight is 365 g/mol. The van der Waals surface area contributed by atoms with Gasteiger partial charge in [-0.3, -0.25) is 4.79 Å². The molecule has 1 heterocycles. The molecule has 0 radical (unpaired) electrons. The standard InChI is InChI=1S/C21H23N3O3/c1-14(2)17-6-4-5-7-18(17)22-19(25)12-13-20-23-24-21(27-20)15-8-10-16(26-3)11-9-15/h4-11,14H,12-13H2,1-3H3,(H,22,25). The molecule has 0 fully saturated rings. The Kier molecular flexibility index (Phi) is 5.86. The van der Waals surface area contributed by atoms with Gasteiger partial charge in [-0.05, 0) is 41.8 Å². The zero-order valence-electron chi connectivity index (χ0n) is 15.7. The minimum Gasteiger partial charge on any atom is -0.497 e. The zero-order chi connectivity index (χ0) is 19.2. The maximum Gasteiger partial charge on any atom is 0.247 e. The van der Waals surface area contributed by atoms with Crippen LogP contribution in [0.2, 0.25) is 0 Å².